The largest absolute Gasteiger partial charge is 0.374 e. The van der Waals surface area contributed by atoms with Crippen LogP contribution in [-0.4, -0.2) is 5.11 Å². The molecule has 2 aromatic carbocycles. The molecule has 3 aliphatic carbocycles. The summed E-state index contributed by atoms with van der Waals surface area (Å²) < 4.78 is 1.03. The molecule has 0 amide bonds. The molecule has 0 saturated carbocycles. The summed E-state index contributed by atoms with van der Waals surface area (Å²) in [6.07, 6.45) is 8.16. The van der Waals surface area contributed by atoms with Crippen molar-refractivity contribution in [1.82, 2.24) is 0 Å². The van der Waals surface area contributed by atoms with Crippen molar-refractivity contribution in [2.24, 2.45) is 5.92 Å². The van der Waals surface area contributed by atoms with E-state index in [4.69, 9.17) is 0 Å². The summed E-state index contributed by atoms with van der Waals surface area (Å²) >= 11 is 2.33. The van der Waals surface area contributed by atoms with E-state index in [9.17, 15) is 5.11 Å². The average Bonchev–Trinajstić information content (AvgIpc) is 3.02. The number of fused-ring (bicyclic) bond motifs is 5. The van der Waals surface area contributed by atoms with Crippen LogP contribution in [0.15, 0.2) is 88.1 Å². The monoisotopic (exact) mass is 435 g/mol. The van der Waals surface area contributed by atoms with Crippen LogP contribution in [0.2, 0.25) is 0 Å². The summed E-state index contributed by atoms with van der Waals surface area (Å²) in [5.74, 6) is 1.55. The molecule has 0 saturated heterocycles. The van der Waals surface area contributed by atoms with Crippen LogP contribution in [-0.2, 0) is 0 Å². The van der Waals surface area contributed by atoms with Crippen LogP contribution in [0.5, 0.6) is 0 Å². The highest BCUT2D eigenvalue weighted by molar-refractivity contribution is 14.1. The third-order valence-corrected chi connectivity index (χ3v) is 6.36. The topological polar surface area (TPSA) is 20.2 Å². The molecular weight excluding hydrogens is 419 g/mol. The predicted octanol–water partition coefficient (Wildman–Crippen LogP) is 5.66. The maximum atomic E-state index is 10.9. The van der Waals surface area contributed by atoms with Gasteiger partial charge in [-0.3, -0.25) is 0 Å². The van der Waals surface area contributed by atoms with Gasteiger partial charge in [0.15, 0.2) is 0 Å². The third kappa shape index (κ3) is 2.14. The predicted molar refractivity (Wildman–Crippen MR) is 111 cm³/mol. The summed E-state index contributed by atoms with van der Waals surface area (Å²) in [6, 6.07) is 18.9. The molecule has 0 heterocycles. The zero-order valence-electron chi connectivity index (χ0n) is 13.5. The second kappa shape index (κ2) is 5.75. The Hall–Kier alpha value is -2.04. The van der Waals surface area contributed by atoms with E-state index in [0.29, 0.717) is 0 Å². The molecule has 2 unspecified atom stereocenters. The summed E-state index contributed by atoms with van der Waals surface area (Å²) in [7, 11) is 0. The van der Waals surface area contributed by atoms with Gasteiger partial charge in [-0.1, -0.05) is 54.6 Å². The van der Waals surface area contributed by atoms with Crippen LogP contribution in [0.1, 0.15) is 22.8 Å². The summed E-state index contributed by atoms with van der Waals surface area (Å²) in [4.78, 5) is 0. The van der Waals surface area contributed by atoms with Crippen LogP contribution in [0, 0.1) is 11.8 Å². The molecule has 0 aliphatic heterocycles. The van der Waals surface area contributed by atoms with Crippen molar-refractivity contribution in [2.45, 2.75) is 6.10 Å². The minimum absolute atomic E-state index is 0.250. The first-order valence-electron chi connectivity index (χ1n) is 8.46. The number of aliphatic hydroxyl groups is 1. The van der Waals surface area contributed by atoms with Gasteiger partial charge in [-0.05, 0) is 17.7 Å². The Bertz CT molecular complexity index is 978. The zero-order chi connectivity index (χ0) is 17.0. The highest BCUT2D eigenvalue weighted by atomic mass is 127. The Morgan fingerprint density at radius 3 is 2.52 bits per heavy atom. The van der Waals surface area contributed by atoms with E-state index in [0.717, 1.165) is 14.7 Å². The lowest BCUT2D eigenvalue weighted by atomic mass is 9.81. The van der Waals surface area contributed by atoms with Gasteiger partial charge >= 0.3 is 0 Å². The van der Waals surface area contributed by atoms with Gasteiger partial charge in [-0.25, -0.2) is 0 Å². The van der Waals surface area contributed by atoms with Crippen molar-refractivity contribution in [1.29, 1.82) is 0 Å². The number of halogens is 1. The molecule has 0 bridgehead atoms. The molecular formula is C23H16IO+. The van der Waals surface area contributed by atoms with Crippen LogP contribution < -0.4 is 0 Å². The van der Waals surface area contributed by atoms with Crippen molar-refractivity contribution < 1.29 is 5.11 Å². The molecule has 1 N–H and O–H groups in total. The zero-order valence-corrected chi connectivity index (χ0v) is 15.6. The quantitative estimate of drug-likeness (QED) is 0.453. The van der Waals surface area contributed by atoms with E-state index in [1.807, 2.05) is 12.1 Å². The van der Waals surface area contributed by atoms with Crippen molar-refractivity contribution in [2.75, 3.05) is 0 Å². The van der Waals surface area contributed by atoms with E-state index in [1.165, 1.54) is 28.2 Å². The molecule has 2 aromatic rings. The van der Waals surface area contributed by atoms with Crippen molar-refractivity contribution in [3.63, 3.8) is 0 Å². The normalized spacial score (nSPS) is 23.7. The van der Waals surface area contributed by atoms with E-state index >= 15 is 0 Å². The van der Waals surface area contributed by atoms with E-state index in [1.54, 1.807) is 0 Å². The number of hydrogen-bond acceptors (Lipinski definition) is 1. The van der Waals surface area contributed by atoms with Gasteiger partial charge in [0.1, 0.15) is 15.3 Å². The molecule has 0 spiro atoms. The van der Waals surface area contributed by atoms with Crippen LogP contribution in [0.25, 0.3) is 11.1 Å². The van der Waals surface area contributed by atoms with Gasteiger partial charge in [-0.15, -0.1) is 0 Å². The first-order valence-corrected chi connectivity index (χ1v) is 9.54. The maximum Gasteiger partial charge on any atom is 0.146 e. The van der Waals surface area contributed by atoms with E-state index in [-0.39, 0.29) is 5.92 Å². The van der Waals surface area contributed by atoms with Crippen molar-refractivity contribution >= 4 is 33.7 Å². The molecule has 0 fully saturated rings. The van der Waals surface area contributed by atoms with E-state index < -0.39 is 6.10 Å². The van der Waals surface area contributed by atoms with Gasteiger partial charge < -0.3 is 5.11 Å². The minimum Gasteiger partial charge on any atom is -0.374 e. The fourth-order valence-electron chi connectivity index (χ4n) is 4.18. The molecule has 5 rings (SSSR count). The van der Waals surface area contributed by atoms with Crippen LogP contribution >= 0.6 is 22.6 Å². The molecule has 0 aromatic heterocycles. The number of hydrogen-bond donors (Lipinski definition) is 1. The molecule has 3 aliphatic rings. The fraction of sp³-hybridized carbons (Fsp3) is 0.0870. The SMILES string of the molecule is OC1C(I)=C2C(=C(c3ccccc3)C3C=CC=C[C+]23)c2ccccc21. The Balaban J connectivity index is 1.88. The first-order chi connectivity index (χ1) is 12.3. The Labute approximate surface area is 161 Å². The number of benzene rings is 2. The number of aliphatic hydroxyl groups excluding tert-OH is 1. The lowest BCUT2D eigenvalue weighted by Gasteiger charge is -2.22. The van der Waals surface area contributed by atoms with Gasteiger partial charge in [0.25, 0.3) is 0 Å². The molecule has 120 valence electrons. The van der Waals surface area contributed by atoms with Crippen molar-refractivity contribution in [3.05, 3.63) is 111 Å². The molecule has 2 atom stereocenters. The molecule has 1 nitrogen and oxygen atoms in total. The molecule has 25 heavy (non-hydrogen) atoms. The maximum absolute atomic E-state index is 10.9. The van der Waals surface area contributed by atoms with Crippen LogP contribution in [0.3, 0.4) is 0 Å². The molecule has 2 heteroatoms. The summed E-state index contributed by atoms with van der Waals surface area (Å²) in [5.41, 5.74) is 7.27. The second-order valence-electron chi connectivity index (χ2n) is 6.54. The average molecular weight is 435 g/mol. The Morgan fingerprint density at radius 2 is 1.68 bits per heavy atom. The van der Waals surface area contributed by atoms with Gasteiger partial charge in [0, 0.05) is 51.4 Å². The molecule has 0 radical (unpaired) electrons. The van der Waals surface area contributed by atoms with Crippen LogP contribution in [0.4, 0.5) is 0 Å². The minimum atomic E-state index is -0.543. The Kier molecular flexibility index (Phi) is 3.50. The standard InChI is InChI=1S/C23H16IO/c24-22-21-16-11-5-4-10-15(16)19(14-8-2-1-3-9-14)20(21)17-12-6-7-13-18(17)23(22)25/h1-13,15,23,25H/q+1. The van der Waals surface area contributed by atoms with Gasteiger partial charge in [0.05, 0.1) is 17.4 Å². The van der Waals surface area contributed by atoms with Gasteiger partial charge in [-0.2, -0.15) is 0 Å². The lowest BCUT2D eigenvalue weighted by Crippen LogP contribution is -2.13. The van der Waals surface area contributed by atoms with Crippen molar-refractivity contribution in [3.8, 4) is 0 Å². The highest BCUT2D eigenvalue weighted by Crippen LogP contribution is 2.59. The highest BCUT2D eigenvalue weighted by Gasteiger charge is 2.49. The Morgan fingerprint density at radius 1 is 0.920 bits per heavy atom. The third-order valence-electron chi connectivity index (χ3n) is 5.23. The fourth-order valence-corrected chi connectivity index (χ4v) is 5.10. The second-order valence-corrected chi connectivity index (χ2v) is 7.71. The summed E-state index contributed by atoms with van der Waals surface area (Å²) in [6.45, 7) is 0. The van der Waals surface area contributed by atoms with Gasteiger partial charge in [0.2, 0.25) is 0 Å². The summed E-state index contributed by atoms with van der Waals surface area (Å²) in [5, 5.41) is 10.9. The smallest absolute Gasteiger partial charge is 0.146 e. The number of rotatable bonds is 1. The van der Waals surface area contributed by atoms with E-state index in [2.05, 4.69) is 89.4 Å². The number of allylic oxidation sites excluding steroid dienone is 7. The lowest BCUT2D eigenvalue weighted by molar-refractivity contribution is 0.224. The first kappa shape index (κ1) is 15.2.